The number of aliphatic hydroxyl groups is 1. The molecule has 0 heterocycles. The Bertz CT molecular complexity index is 209. The van der Waals surface area contributed by atoms with Crippen molar-refractivity contribution in [3.05, 3.63) is 0 Å². The number of carbonyl (C=O) groups is 1. The monoisotopic (exact) mass is 188 g/mol. The predicted molar refractivity (Wildman–Crippen MR) is 33.3 cm³/mol. The summed E-state index contributed by atoms with van der Waals surface area (Å²) in [6.07, 6.45) is 0.0139. The first-order valence-corrected chi connectivity index (χ1v) is 4.07. The summed E-state index contributed by atoms with van der Waals surface area (Å²) in [7, 11) is -4.62. The molecule has 0 spiro atoms. The van der Waals surface area contributed by atoms with Gasteiger partial charge in [0.2, 0.25) is 5.44 Å². The Morgan fingerprint density at radius 3 is 2.00 bits per heavy atom. The summed E-state index contributed by atoms with van der Waals surface area (Å²) in [6, 6.07) is 0. The lowest BCUT2D eigenvalue weighted by molar-refractivity contribution is -0.108. The fraction of sp³-hybridized carbons (Fsp3) is 0.667. The third kappa shape index (κ3) is 2.61. The van der Waals surface area contributed by atoms with E-state index in [9.17, 15) is 13.2 Å². The summed E-state index contributed by atoms with van der Waals surface area (Å²) < 4.78 is 28.1. The van der Waals surface area contributed by atoms with E-state index in [1.807, 2.05) is 0 Å². The van der Waals surface area contributed by atoms with Crippen molar-refractivity contribution in [3.63, 3.8) is 0 Å². The van der Waals surface area contributed by atoms with Gasteiger partial charge in [-0.3, -0.25) is 4.55 Å². The van der Waals surface area contributed by atoms with Gasteiger partial charge < -0.3 is 9.90 Å². The Balaban J connectivity index is 4.37. The van der Waals surface area contributed by atoms with Crippen LogP contribution in [0.1, 0.15) is 0 Å². The fourth-order valence-electron chi connectivity index (χ4n) is 0.231. The second-order valence-electron chi connectivity index (χ2n) is 1.49. The van der Waals surface area contributed by atoms with Gasteiger partial charge in [0.1, 0.15) is 11.7 Å². The maximum Gasteiger partial charge on any atom is 0.294 e. The van der Waals surface area contributed by atoms with Crippen molar-refractivity contribution < 1.29 is 22.9 Å². The number of carbonyl (C=O) groups excluding carboxylic acids is 1. The lowest BCUT2D eigenvalue weighted by Gasteiger charge is -2.06. The summed E-state index contributed by atoms with van der Waals surface area (Å²) in [4.78, 5) is 9.73. The molecule has 7 heteroatoms. The number of aliphatic hydroxyl groups excluding tert-OH is 1. The Labute approximate surface area is 62.4 Å². The number of rotatable bonds is 3. The quantitative estimate of drug-likeness (QED) is 0.337. The molecule has 0 aromatic heterocycles. The van der Waals surface area contributed by atoms with Crippen LogP contribution in [0.3, 0.4) is 0 Å². The van der Waals surface area contributed by atoms with Crippen molar-refractivity contribution in [2.24, 2.45) is 0 Å². The standard InChI is InChI=1S/C3H5ClO5S/c4-2(1-5)3(6)10(7,8)9/h1-3,6H,(H,7,8,9). The van der Waals surface area contributed by atoms with Gasteiger partial charge >= 0.3 is 0 Å². The first-order valence-electron chi connectivity index (χ1n) is 2.13. The molecule has 0 saturated heterocycles. The van der Waals surface area contributed by atoms with Gasteiger partial charge in [0.05, 0.1) is 0 Å². The second kappa shape index (κ2) is 3.29. The van der Waals surface area contributed by atoms with E-state index in [1.165, 1.54) is 0 Å². The predicted octanol–water partition coefficient (Wildman–Crippen LogP) is -1.00. The highest BCUT2D eigenvalue weighted by Crippen LogP contribution is 2.04. The highest BCUT2D eigenvalue weighted by atomic mass is 35.5. The van der Waals surface area contributed by atoms with Gasteiger partial charge in [0.15, 0.2) is 0 Å². The Morgan fingerprint density at radius 1 is 1.50 bits per heavy atom. The van der Waals surface area contributed by atoms with Crippen LogP contribution in [0, 0.1) is 0 Å². The van der Waals surface area contributed by atoms with Crippen LogP contribution < -0.4 is 0 Å². The lowest BCUT2D eigenvalue weighted by Crippen LogP contribution is -2.30. The van der Waals surface area contributed by atoms with Crippen molar-refractivity contribution in [3.8, 4) is 0 Å². The normalized spacial score (nSPS) is 17.9. The summed E-state index contributed by atoms with van der Waals surface area (Å²) >= 11 is 4.94. The first-order chi connectivity index (χ1) is 4.39. The van der Waals surface area contributed by atoms with Crippen LogP contribution in [0.2, 0.25) is 0 Å². The van der Waals surface area contributed by atoms with E-state index in [0.717, 1.165) is 0 Å². The minimum absolute atomic E-state index is 0.0139. The summed E-state index contributed by atoms with van der Waals surface area (Å²) in [5.41, 5.74) is -2.24. The van der Waals surface area contributed by atoms with Crippen LogP contribution in [0.5, 0.6) is 0 Å². The minimum Gasteiger partial charge on any atom is -0.374 e. The molecule has 0 aliphatic carbocycles. The average molecular weight is 189 g/mol. The second-order valence-corrected chi connectivity index (χ2v) is 3.50. The largest absolute Gasteiger partial charge is 0.374 e. The minimum atomic E-state index is -4.62. The van der Waals surface area contributed by atoms with E-state index >= 15 is 0 Å². The SMILES string of the molecule is O=CC(Cl)C(O)S(=O)(=O)O. The molecule has 5 nitrogen and oxygen atoms in total. The van der Waals surface area contributed by atoms with E-state index in [2.05, 4.69) is 0 Å². The molecule has 0 bridgehead atoms. The average Bonchev–Trinajstić information content (AvgIpc) is 1.83. The van der Waals surface area contributed by atoms with Crippen LogP contribution in [0.4, 0.5) is 0 Å². The molecular weight excluding hydrogens is 184 g/mol. The van der Waals surface area contributed by atoms with Crippen molar-refractivity contribution in [1.82, 2.24) is 0 Å². The van der Waals surface area contributed by atoms with Gasteiger partial charge in [-0.15, -0.1) is 11.6 Å². The molecule has 0 radical (unpaired) electrons. The fourth-order valence-corrected chi connectivity index (χ4v) is 1.01. The number of alkyl halides is 1. The van der Waals surface area contributed by atoms with Gasteiger partial charge in [-0.05, 0) is 0 Å². The van der Waals surface area contributed by atoms with Crippen LogP contribution in [-0.2, 0) is 14.9 Å². The van der Waals surface area contributed by atoms with Crippen LogP contribution >= 0.6 is 11.6 Å². The smallest absolute Gasteiger partial charge is 0.294 e. The Morgan fingerprint density at radius 2 is 1.90 bits per heavy atom. The van der Waals surface area contributed by atoms with Gasteiger partial charge in [0.25, 0.3) is 10.1 Å². The molecule has 0 amide bonds. The molecule has 2 atom stereocenters. The highest BCUT2D eigenvalue weighted by molar-refractivity contribution is 7.86. The van der Waals surface area contributed by atoms with E-state index in [4.69, 9.17) is 21.3 Å². The summed E-state index contributed by atoms with van der Waals surface area (Å²) in [5.74, 6) is 0. The third-order valence-corrected chi connectivity index (χ3v) is 2.10. The number of halogens is 1. The number of aldehydes is 1. The number of hydrogen-bond acceptors (Lipinski definition) is 4. The van der Waals surface area contributed by atoms with E-state index in [-0.39, 0.29) is 6.29 Å². The van der Waals surface area contributed by atoms with Crippen molar-refractivity contribution >= 4 is 28.0 Å². The molecule has 0 fully saturated rings. The van der Waals surface area contributed by atoms with Crippen LogP contribution in [0.15, 0.2) is 0 Å². The molecule has 0 aliphatic heterocycles. The van der Waals surface area contributed by atoms with Crippen molar-refractivity contribution in [2.75, 3.05) is 0 Å². The highest BCUT2D eigenvalue weighted by Gasteiger charge is 2.27. The zero-order valence-corrected chi connectivity index (χ0v) is 6.21. The van der Waals surface area contributed by atoms with Gasteiger partial charge in [-0.25, -0.2) is 0 Å². The number of hydrogen-bond donors (Lipinski definition) is 2. The van der Waals surface area contributed by atoms with E-state index < -0.39 is 20.9 Å². The first kappa shape index (κ1) is 9.83. The third-order valence-electron chi connectivity index (χ3n) is 0.708. The molecule has 0 saturated carbocycles. The van der Waals surface area contributed by atoms with Crippen LogP contribution in [0.25, 0.3) is 0 Å². The zero-order valence-electron chi connectivity index (χ0n) is 4.64. The maximum absolute atomic E-state index is 9.99. The molecule has 0 aromatic carbocycles. The summed E-state index contributed by atoms with van der Waals surface area (Å²) in [5, 5.41) is 6.82. The van der Waals surface area contributed by atoms with E-state index in [0.29, 0.717) is 0 Å². The maximum atomic E-state index is 9.99. The molecule has 0 aromatic rings. The van der Waals surface area contributed by atoms with Gasteiger partial charge in [-0.2, -0.15) is 8.42 Å². The lowest BCUT2D eigenvalue weighted by atomic mass is 10.5. The molecule has 0 aliphatic rings. The van der Waals surface area contributed by atoms with E-state index in [1.54, 1.807) is 0 Å². The molecule has 60 valence electrons. The summed E-state index contributed by atoms with van der Waals surface area (Å²) in [6.45, 7) is 0. The van der Waals surface area contributed by atoms with Gasteiger partial charge in [-0.1, -0.05) is 0 Å². The topological polar surface area (TPSA) is 91.7 Å². The van der Waals surface area contributed by atoms with Crippen molar-refractivity contribution in [2.45, 2.75) is 10.8 Å². The van der Waals surface area contributed by atoms with Gasteiger partial charge in [0, 0.05) is 0 Å². The van der Waals surface area contributed by atoms with Crippen molar-refractivity contribution in [1.29, 1.82) is 0 Å². The molecular formula is C3H5ClO5S. The Kier molecular flexibility index (Phi) is 3.23. The molecule has 2 unspecified atom stereocenters. The Hall–Kier alpha value is -0.170. The zero-order chi connectivity index (χ0) is 8.36. The molecule has 0 rings (SSSR count). The molecule has 2 N–H and O–H groups in total. The molecule has 10 heavy (non-hydrogen) atoms. The van der Waals surface area contributed by atoms with Crippen LogP contribution in [-0.4, -0.2) is 35.2 Å².